The third-order valence-corrected chi connectivity index (χ3v) is 9.33. The zero-order chi connectivity index (χ0) is 22.8. The Labute approximate surface area is 207 Å². The van der Waals surface area contributed by atoms with E-state index < -0.39 is 10.8 Å². The zero-order valence-corrected chi connectivity index (χ0v) is 20.6. The maximum absolute atomic E-state index is 13.4. The van der Waals surface area contributed by atoms with Crippen LogP contribution in [0.5, 0.6) is 0 Å². The quantitative estimate of drug-likeness (QED) is 0.390. The van der Waals surface area contributed by atoms with Crippen molar-refractivity contribution in [3.8, 4) is 0 Å². The van der Waals surface area contributed by atoms with Crippen LogP contribution in [0.15, 0.2) is 70.3 Å². The summed E-state index contributed by atoms with van der Waals surface area (Å²) >= 11 is 9.09. The molecule has 0 bridgehead atoms. The number of carbonyl (C=O) groups is 2. The van der Waals surface area contributed by atoms with Gasteiger partial charge in [0.05, 0.1) is 10.6 Å². The summed E-state index contributed by atoms with van der Waals surface area (Å²) in [6.45, 7) is 0. The molecule has 33 heavy (non-hydrogen) atoms. The molecule has 2 aliphatic rings. The summed E-state index contributed by atoms with van der Waals surface area (Å²) in [7, 11) is 0. The van der Waals surface area contributed by atoms with Crippen LogP contribution in [0.4, 0.5) is 0 Å². The first-order chi connectivity index (χ1) is 16.1. The fraction of sp³-hybridized carbons (Fsp3) is 0.333. The fourth-order valence-electron chi connectivity index (χ4n) is 5.10. The number of rotatable bonds is 5. The van der Waals surface area contributed by atoms with E-state index in [0.29, 0.717) is 10.9 Å². The number of amides is 1. The second-order valence-corrected chi connectivity index (χ2v) is 11.3. The topological polar surface area (TPSA) is 46.2 Å². The highest BCUT2D eigenvalue weighted by Gasteiger charge is 2.47. The Kier molecular flexibility index (Phi) is 6.64. The van der Waals surface area contributed by atoms with E-state index in [-0.39, 0.29) is 18.1 Å². The van der Waals surface area contributed by atoms with Crippen molar-refractivity contribution in [2.75, 3.05) is 0 Å². The molecule has 1 saturated carbocycles. The number of nitrogens with one attached hydrogen (secondary N) is 1. The largest absolute Gasteiger partial charge is 0.341 e. The van der Waals surface area contributed by atoms with Gasteiger partial charge in [-0.3, -0.25) is 9.59 Å². The smallest absolute Gasteiger partial charge is 0.242 e. The molecule has 1 saturated heterocycles. The minimum atomic E-state index is -0.837. The van der Waals surface area contributed by atoms with Gasteiger partial charge in [0.15, 0.2) is 5.78 Å². The first kappa shape index (κ1) is 22.7. The number of carbonyl (C=O) groups excluding carboxylic acids is 2. The number of ketones is 1. The van der Waals surface area contributed by atoms with Crippen LogP contribution < -0.4 is 5.32 Å². The number of benzene rings is 2. The molecule has 2 atom stereocenters. The highest BCUT2D eigenvalue weighted by molar-refractivity contribution is 8.01. The molecule has 170 valence electrons. The number of thiophene rings is 1. The highest BCUT2D eigenvalue weighted by atomic mass is 35.5. The Bertz CT molecular complexity index is 1120. The van der Waals surface area contributed by atoms with Crippen LogP contribution in [0.1, 0.15) is 61.1 Å². The number of Topliss-reactive ketones (excluding diaryl/α,β-unsaturated/α-hetero) is 1. The van der Waals surface area contributed by atoms with Crippen LogP contribution in [0.2, 0.25) is 5.02 Å². The van der Waals surface area contributed by atoms with Gasteiger partial charge in [-0.1, -0.05) is 67.3 Å². The van der Waals surface area contributed by atoms with Crippen molar-refractivity contribution >= 4 is 46.4 Å². The Morgan fingerprint density at radius 3 is 2.36 bits per heavy atom. The molecule has 1 N–H and O–H groups in total. The van der Waals surface area contributed by atoms with Gasteiger partial charge in [-0.2, -0.15) is 11.3 Å². The number of thioether (sulfide) groups is 1. The molecule has 6 heteroatoms. The average Bonchev–Trinajstić information content (AvgIpc) is 3.39. The lowest BCUT2D eigenvalue weighted by atomic mass is 9.76. The number of halogens is 1. The monoisotopic (exact) mass is 495 g/mol. The molecule has 2 fully saturated rings. The molecule has 0 spiro atoms. The van der Waals surface area contributed by atoms with Crippen LogP contribution in [0.3, 0.4) is 0 Å². The van der Waals surface area contributed by atoms with E-state index in [1.807, 2.05) is 35.0 Å². The highest BCUT2D eigenvalue weighted by Crippen LogP contribution is 2.42. The van der Waals surface area contributed by atoms with Crippen molar-refractivity contribution in [3.63, 3.8) is 0 Å². The predicted octanol–water partition coefficient (Wildman–Crippen LogP) is 6.94. The lowest BCUT2D eigenvalue weighted by molar-refractivity contribution is -0.132. The Morgan fingerprint density at radius 2 is 1.70 bits per heavy atom. The average molecular weight is 496 g/mol. The van der Waals surface area contributed by atoms with Gasteiger partial charge >= 0.3 is 0 Å². The molecule has 2 unspecified atom stereocenters. The molecule has 3 aromatic rings. The van der Waals surface area contributed by atoms with Crippen LogP contribution in [0, 0.1) is 0 Å². The molecule has 2 heterocycles. The summed E-state index contributed by atoms with van der Waals surface area (Å²) in [6, 6.07) is 17.9. The molecule has 1 aromatic heterocycles. The molecule has 5 rings (SSSR count). The number of hydrogen-bond donors (Lipinski definition) is 1. The summed E-state index contributed by atoms with van der Waals surface area (Å²) in [5.41, 5.74) is 2.44. The van der Waals surface area contributed by atoms with Gasteiger partial charge in [0.1, 0.15) is 5.25 Å². The van der Waals surface area contributed by atoms with E-state index in [1.54, 1.807) is 17.4 Å². The summed E-state index contributed by atoms with van der Waals surface area (Å²) in [6.07, 6.45) is 6.62. The molecule has 0 radical (unpaired) electrons. The van der Waals surface area contributed by atoms with E-state index in [9.17, 15) is 9.59 Å². The van der Waals surface area contributed by atoms with Crippen molar-refractivity contribution in [1.29, 1.82) is 0 Å². The SMILES string of the molecule is O=C1CC(c2ccc(C3CCCCC3)cc2)(c2ccsc2)NC(=O)C1Sc1ccccc1Cl. The van der Waals surface area contributed by atoms with Crippen molar-refractivity contribution in [2.45, 2.75) is 60.1 Å². The summed E-state index contributed by atoms with van der Waals surface area (Å²) in [5, 5.41) is 7.02. The standard InChI is InChI=1S/C27H26ClNO2S2/c28-22-8-4-5-9-24(22)33-25-23(30)16-27(29-26(25)31,21-14-15-32-17-21)20-12-10-19(11-13-20)18-6-2-1-3-7-18/h4-5,8-15,17-18,25H,1-3,6-7,16H2,(H,29,31). The molecule has 1 aliphatic heterocycles. The Hall–Kier alpha value is -2.08. The van der Waals surface area contributed by atoms with Gasteiger partial charge in [0.2, 0.25) is 5.91 Å². The van der Waals surface area contributed by atoms with Gasteiger partial charge in [-0.05, 0) is 64.4 Å². The van der Waals surface area contributed by atoms with Gasteiger partial charge in [0, 0.05) is 11.3 Å². The normalized spacial score (nSPS) is 24.0. The second-order valence-electron chi connectivity index (χ2n) is 8.93. The third-order valence-electron chi connectivity index (χ3n) is 6.88. The summed E-state index contributed by atoms with van der Waals surface area (Å²) in [4.78, 5) is 27.5. The maximum atomic E-state index is 13.4. The minimum Gasteiger partial charge on any atom is -0.341 e. The van der Waals surface area contributed by atoms with Gasteiger partial charge < -0.3 is 5.32 Å². The Morgan fingerprint density at radius 1 is 0.939 bits per heavy atom. The van der Waals surface area contributed by atoms with Crippen LogP contribution >= 0.6 is 34.7 Å². The minimum absolute atomic E-state index is 0.0776. The zero-order valence-electron chi connectivity index (χ0n) is 18.3. The van der Waals surface area contributed by atoms with E-state index >= 15 is 0 Å². The predicted molar refractivity (Wildman–Crippen MR) is 136 cm³/mol. The van der Waals surface area contributed by atoms with Crippen LogP contribution in [0.25, 0.3) is 0 Å². The first-order valence-electron chi connectivity index (χ1n) is 11.5. The third kappa shape index (κ3) is 4.51. The molecule has 3 nitrogen and oxygen atoms in total. The van der Waals surface area contributed by atoms with Crippen molar-refractivity contribution in [2.24, 2.45) is 0 Å². The van der Waals surface area contributed by atoms with E-state index in [0.717, 1.165) is 16.0 Å². The van der Waals surface area contributed by atoms with Gasteiger partial charge in [-0.15, -0.1) is 11.8 Å². The fourth-order valence-corrected chi connectivity index (χ4v) is 7.08. The summed E-state index contributed by atoms with van der Waals surface area (Å²) < 4.78 is 0. The first-order valence-corrected chi connectivity index (χ1v) is 13.7. The lowest BCUT2D eigenvalue weighted by Crippen LogP contribution is -2.57. The number of hydrogen-bond acceptors (Lipinski definition) is 4. The van der Waals surface area contributed by atoms with Crippen LogP contribution in [-0.4, -0.2) is 16.9 Å². The van der Waals surface area contributed by atoms with E-state index in [1.165, 1.54) is 49.4 Å². The lowest BCUT2D eigenvalue weighted by Gasteiger charge is -2.40. The number of piperidine rings is 1. The van der Waals surface area contributed by atoms with Crippen molar-refractivity contribution in [1.82, 2.24) is 5.32 Å². The molecule has 1 aliphatic carbocycles. The Balaban J connectivity index is 1.45. The second kappa shape index (κ2) is 9.65. The van der Waals surface area contributed by atoms with Crippen LogP contribution in [-0.2, 0) is 15.1 Å². The molecular weight excluding hydrogens is 470 g/mol. The molecule has 2 aromatic carbocycles. The molecular formula is C27H26ClNO2S2. The molecule has 1 amide bonds. The van der Waals surface area contributed by atoms with Gasteiger partial charge in [0.25, 0.3) is 0 Å². The van der Waals surface area contributed by atoms with Gasteiger partial charge in [-0.25, -0.2) is 0 Å². The van der Waals surface area contributed by atoms with E-state index in [2.05, 4.69) is 29.6 Å². The van der Waals surface area contributed by atoms with Crippen molar-refractivity contribution < 1.29 is 9.59 Å². The maximum Gasteiger partial charge on any atom is 0.242 e. The van der Waals surface area contributed by atoms with E-state index in [4.69, 9.17) is 11.6 Å². The summed E-state index contributed by atoms with van der Waals surface area (Å²) in [5.74, 6) is 0.272. The van der Waals surface area contributed by atoms with Crippen molar-refractivity contribution in [3.05, 3.63) is 87.1 Å².